The van der Waals surface area contributed by atoms with Gasteiger partial charge < -0.3 is 25.3 Å². The summed E-state index contributed by atoms with van der Waals surface area (Å²) in [6, 6.07) is 0. The van der Waals surface area contributed by atoms with Crippen molar-refractivity contribution in [1.82, 2.24) is 4.98 Å². The Hall–Kier alpha value is -2.68. The van der Waals surface area contributed by atoms with Gasteiger partial charge in [-0.3, -0.25) is 0 Å². The number of aromatic carboxylic acids is 2. The van der Waals surface area contributed by atoms with Gasteiger partial charge in [-0.15, -0.1) is 0 Å². The average Bonchev–Trinajstić information content (AvgIpc) is 2.78. The van der Waals surface area contributed by atoms with Crippen LogP contribution >= 0.6 is 0 Å². The summed E-state index contributed by atoms with van der Waals surface area (Å²) in [7, 11) is 1.42. The van der Waals surface area contributed by atoms with Gasteiger partial charge in [-0.2, -0.15) is 0 Å². The minimum Gasteiger partial charge on any atom is -0.479 e. The second kappa shape index (κ2) is 6.24. The zero-order valence-electron chi connectivity index (χ0n) is 15.0. The van der Waals surface area contributed by atoms with E-state index >= 15 is 0 Å². The van der Waals surface area contributed by atoms with E-state index in [0.717, 1.165) is 0 Å². The van der Waals surface area contributed by atoms with Gasteiger partial charge in [0.25, 0.3) is 0 Å². The number of likely N-dealkylation sites (N-methyl/N-ethyl adjacent to an activating group) is 1. The van der Waals surface area contributed by atoms with Crippen molar-refractivity contribution in [2.75, 3.05) is 11.9 Å². The van der Waals surface area contributed by atoms with Crippen LogP contribution in [0.2, 0.25) is 0 Å². The molecule has 1 aromatic rings. The summed E-state index contributed by atoms with van der Waals surface area (Å²) >= 11 is 0. The van der Waals surface area contributed by atoms with Crippen molar-refractivity contribution in [2.45, 2.75) is 51.2 Å². The van der Waals surface area contributed by atoms with Crippen molar-refractivity contribution in [3.63, 3.8) is 0 Å². The number of carbonyl (C=O) groups is 3. The molecule has 0 radical (unpaired) electrons. The number of rotatable bonds is 6. The van der Waals surface area contributed by atoms with E-state index in [9.17, 15) is 34.8 Å². The van der Waals surface area contributed by atoms with Gasteiger partial charge in [0.05, 0.1) is 5.56 Å². The van der Waals surface area contributed by atoms with Crippen molar-refractivity contribution in [3.8, 4) is 0 Å². The van der Waals surface area contributed by atoms with Gasteiger partial charge in [-0.25, -0.2) is 19.4 Å². The summed E-state index contributed by atoms with van der Waals surface area (Å²) in [4.78, 5) is 40.7. The average molecular weight is 366 g/mol. The fourth-order valence-corrected chi connectivity index (χ4v) is 4.17. The van der Waals surface area contributed by atoms with Crippen LogP contribution in [0.3, 0.4) is 0 Å². The highest BCUT2D eigenvalue weighted by molar-refractivity contribution is 6.03. The van der Waals surface area contributed by atoms with Gasteiger partial charge in [0.1, 0.15) is 11.4 Å². The summed E-state index contributed by atoms with van der Waals surface area (Å²) < 4.78 is 0. The number of hydrogen-bond donors (Lipinski definition) is 4. The van der Waals surface area contributed by atoms with Crippen LogP contribution in [0.25, 0.3) is 0 Å². The molecule has 0 amide bonds. The maximum atomic E-state index is 12.2. The molecule has 2 rings (SSSR count). The Bertz CT molecular complexity index is 807. The quantitative estimate of drug-likeness (QED) is 0.585. The van der Waals surface area contributed by atoms with E-state index in [-0.39, 0.29) is 36.2 Å². The first-order valence-electron chi connectivity index (χ1n) is 8.28. The lowest BCUT2D eigenvalue weighted by Crippen LogP contribution is -2.62. The second-order valence-electron chi connectivity index (χ2n) is 6.27. The van der Waals surface area contributed by atoms with Crippen LogP contribution in [-0.2, 0) is 16.8 Å². The number of aromatic nitrogens is 1. The Balaban J connectivity index is 3.07. The third-order valence-electron chi connectivity index (χ3n) is 5.42. The molecule has 0 aromatic carbocycles. The maximum Gasteiger partial charge on any atom is 0.355 e. The van der Waals surface area contributed by atoms with Crippen LogP contribution in [0.15, 0.2) is 0 Å². The number of aliphatic carboxylic acids is 1. The number of nitrogens with zero attached hydrogens (tertiary/aromatic N) is 2. The molecular formula is C17H22N2O7. The standard InChI is InChI=1S/C17H22N2O7/c1-5-8-9(13(20)21)11(14(22)23)18-12-10(8)17(26,7-3)16(6-2,15(24)25)19(12)4/h26H,5-7H2,1-4H3,(H,20,21)(H,22,23)(H,24,25). The van der Waals surface area contributed by atoms with E-state index in [2.05, 4.69) is 4.98 Å². The number of carboxylic acids is 3. The Kier molecular flexibility index (Phi) is 4.71. The number of hydrogen-bond acceptors (Lipinski definition) is 6. The van der Waals surface area contributed by atoms with Crippen LogP contribution in [0.1, 0.15) is 65.6 Å². The van der Waals surface area contributed by atoms with Crippen LogP contribution in [-0.4, -0.2) is 55.9 Å². The highest BCUT2D eigenvalue weighted by Gasteiger charge is 2.65. The molecule has 142 valence electrons. The van der Waals surface area contributed by atoms with Gasteiger partial charge >= 0.3 is 17.9 Å². The second-order valence-corrected chi connectivity index (χ2v) is 6.27. The molecule has 0 saturated carbocycles. The fourth-order valence-electron chi connectivity index (χ4n) is 4.17. The summed E-state index contributed by atoms with van der Waals surface area (Å²) in [6.07, 6.45) is 0.0977. The summed E-state index contributed by atoms with van der Waals surface area (Å²) in [5.41, 5.74) is -4.72. The molecule has 0 fully saturated rings. The highest BCUT2D eigenvalue weighted by Crippen LogP contribution is 2.54. The van der Waals surface area contributed by atoms with Gasteiger partial charge in [0.2, 0.25) is 0 Å². The molecule has 2 atom stereocenters. The van der Waals surface area contributed by atoms with Crippen LogP contribution in [0.5, 0.6) is 0 Å². The predicted octanol–water partition coefficient (Wildman–Crippen LogP) is 1.32. The Labute approximate surface area is 149 Å². The Morgan fingerprint density at radius 1 is 1.04 bits per heavy atom. The molecular weight excluding hydrogens is 344 g/mol. The zero-order valence-corrected chi connectivity index (χ0v) is 15.0. The van der Waals surface area contributed by atoms with E-state index in [4.69, 9.17) is 0 Å². The first-order chi connectivity index (χ1) is 12.0. The lowest BCUT2D eigenvalue weighted by atomic mass is 9.72. The van der Waals surface area contributed by atoms with Crippen LogP contribution in [0.4, 0.5) is 5.82 Å². The molecule has 2 unspecified atom stereocenters. The smallest absolute Gasteiger partial charge is 0.355 e. The monoisotopic (exact) mass is 366 g/mol. The number of aliphatic hydroxyl groups is 1. The maximum absolute atomic E-state index is 12.2. The molecule has 0 aliphatic carbocycles. The first-order valence-corrected chi connectivity index (χ1v) is 8.28. The zero-order chi connectivity index (χ0) is 20.0. The number of carboxylic acid groups (broad SMARTS) is 3. The Morgan fingerprint density at radius 2 is 1.62 bits per heavy atom. The molecule has 9 heteroatoms. The predicted molar refractivity (Wildman–Crippen MR) is 90.8 cm³/mol. The molecule has 1 aliphatic rings. The lowest BCUT2D eigenvalue weighted by Gasteiger charge is -2.42. The number of fused-ring (bicyclic) bond motifs is 1. The SMILES string of the molecule is CCc1c(C(=O)O)c(C(=O)O)nc2c1C(O)(CC)C(CC)(C(=O)O)N2C. The van der Waals surface area contributed by atoms with E-state index in [1.807, 2.05) is 0 Å². The summed E-state index contributed by atoms with van der Waals surface area (Å²) in [5.74, 6) is -4.32. The summed E-state index contributed by atoms with van der Waals surface area (Å²) in [5, 5.41) is 40.3. The molecule has 2 heterocycles. The minimum absolute atomic E-state index is 0.00744. The molecule has 4 N–H and O–H groups in total. The topological polar surface area (TPSA) is 148 Å². The van der Waals surface area contributed by atoms with Crippen molar-refractivity contribution in [1.29, 1.82) is 0 Å². The fraction of sp³-hybridized carbons (Fsp3) is 0.529. The molecule has 1 aliphatic heterocycles. The summed E-state index contributed by atoms with van der Waals surface area (Å²) in [6.45, 7) is 4.82. The van der Waals surface area contributed by atoms with E-state index in [1.165, 1.54) is 11.9 Å². The van der Waals surface area contributed by atoms with Crippen molar-refractivity contribution < 1.29 is 34.8 Å². The third kappa shape index (κ3) is 2.13. The number of anilines is 1. The normalized spacial score (nSPS) is 24.4. The van der Waals surface area contributed by atoms with Crippen molar-refractivity contribution in [2.24, 2.45) is 0 Å². The van der Waals surface area contributed by atoms with Crippen LogP contribution < -0.4 is 4.90 Å². The molecule has 0 bridgehead atoms. The highest BCUT2D eigenvalue weighted by atomic mass is 16.4. The third-order valence-corrected chi connectivity index (χ3v) is 5.42. The number of pyridine rings is 1. The molecule has 0 saturated heterocycles. The minimum atomic E-state index is -1.92. The van der Waals surface area contributed by atoms with E-state index < -0.39 is 40.3 Å². The lowest BCUT2D eigenvalue weighted by molar-refractivity contribution is -0.156. The molecule has 26 heavy (non-hydrogen) atoms. The van der Waals surface area contributed by atoms with Crippen molar-refractivity contribution in [3.05, 3.63) is 22.4 Å². The molecule has 9 nitrogen and oxygen atoms in total. The first kappa shape index (κ1) is 19.6. The largest absolute Gasteiger partial charge is 0.479 e. The molecule has 1 aromatic heterocycles. The van der Waals surface area contributed by atoms with E-state index in [1.54, 1.807) is 20.8 Å². The van der Waals surface area contributed by atoms with E-state index in [0.29, 0.717) is 0 Å². The van der Waals surface area contributed by atoms with Gasteiger partial charge in [0, 0.05) is 12.6 Å². The van der Waals surface area contributed by atoms with Gasteiger partial charge in [-0.05, 0) is 24.8 Å². The molecule has 0 spiro atoms. The van der Waals surface area contributed by atoms with Gasteiger partial charge in [0.15, 0.2) is 11.2 Å². The van der Waals surface area contributed by atoms with Crippen molar-refractivity contribution >= 4 is 23.7 Å². The Morgan fingerprint density at radius 3 is 1.96 bits per heavy atom. The van der Waals surface area contributed by atoms with Crippen LogP contribution in [0, 0.1) is 0 Å². The van der Waals surface area contributed by atoms with Gasteiger partial charge in [-0.1, -0.05) is 20.8 Å².